The number of anilines is 2. The van der Waals surface area contributed by atoms with Crippen molar-refractivity contribution >= 4 is 33.5 Å². The van der Waals surface area contributed by atoms with Gasteiger partial charge in [-0.3, -0.25) is 5.32 Å². The first-order valence-electron chi connectivity index (χ1n) is 8.00. The van der Waals surface area contributed by atoms with Crippen molar-refractivity contribution in [3.8, 4) is 11.1 Å². The van der Waals surface area contributed by atoms with E-state index < -0.39 is 0 Å². The smallest absolute Gasteiger partial charge is 0.249 e. The van der Waals surface area contributed by atoms with Crippen molar-refractivity contribution in [1.82, 2.24) is 20.2 Å². The van der Waals surface area contributed by atoms with E-state index in [0.29, 0.717) is 5.95 Å². The molecule has 0 fully saturated rings. The summed E-state index contributed by atoms with van der Waals surface area (Å²) in [6.07, 6.45) is 1.74. The summed E-state index contributed by atoms with van der Waals surface area (Å²) in [6.45, 7) is 6.32. The van der Waals surface area contributed by atoms with Gasteiger partial charge in [0.05, 0.1) is 5.52 Å². The maximum Gasteiger partial charge on any atom is 0.249 e. The summed E-state index contributed by atoms with van der Waals surface area (Å²) in [5.74, 6) is 0.463. The Kier molecular flexibility index (Phi) is 3.89. The van der Waals surface area contributed by atoms with Gasteiger partial charge >= 0.3 is 0 Å². The highest BCUT2D eigenvalue weighted by Crippen LogP contribution is 2.31. The average molecular weight is 347 g/mol. The summed E-state index contributed by atoms with van der Waals surface area (Å²) in [5, 5.41) is 14.3. The second-order valence-corrected chi connectivity index (χ2v) is 6.92. The standard InChI is InChI=1S/C19H17N5S/c1-11-5-4-6-12(2)16(11)14-9-13(3)17-15(10-14)23-24-18(21-17)22-19-20-7-8-25-19/h4-10H,1-3H3,(H,20,21,22,24). The van der Waals surface area contributed by atoms with Gasteiger partial charge in [0.25, 0.3) is 0 Å². The molecule has 0 spiro atoms. The van der Waals surface area contributed by atoms with Gasteiger partial charge in [0.1, 0.15) is 5.52 Å². The normalized spacial score (nSPS) is 11.0. The number of nitrogens with zero attached hydrogens (tertiary/aromatic N) is 4. The largest absolute Gasteiger partial charge is 0.299 e. The molecular weight excluding hydrogens is 330 g/mol. The highest BCUT2D eigenvalue weighted by Gasteiger charge is 2.11. The molecule has 0 saturated carbocycles. The molecule has 0 aliphatic rings. The monoisotopic (exact) mass is 347 g/mol. The van der Waals surface area contributed by atoms with Crippen LogP contribution in [0.1, 0.15) is 16.7 Å². The number of rotatable bonds is 3. The Morgan fingerprint density at radius 2 is 1.76 bits per heavy atom. The Balaban J connectivity index is 1.81. The van der Waals surface area contributed by atoms with Gasteiger partial charge in [-0.25, -0.2) is 9.97 Å². The predicted molar refractivity (Wildman–Crippen MR) is 102 cm³/mol. The van der Waals surface area contributed by atoms with Gasteiger partial charge in [-0.2, -0.15) is 0 Å². The van der Waals surface area contributed by atoms with E-state index in [-0.39, 0.29) is 0 Å². The molecule has 2 aromatic carbocycles. The fourth-order valence-corrected chi connectivity index (χ4v) is 3.58. The molecule has 4 rings (SSSR count). The number of hydrogen-bond donors (Lipinski definition) is 1. The summed E-state index contributed by atoms with van der Waals surface area (Å²) >= 11 is 1.50. The molecule has 124 valence electrons. The average Bonchev–Trinajstić information content (AvgIpc) is 3.08. The van der Waals surface area contributed by atoms with Crippen LogP contribution in [0.3, 0.4) is 0 Å². The van der Waals surface area contributed by atoms with E-state index in [4.69, 9.17) is 0 Å². The summed E-state index contributed by atoms with van der Waals surface area (Å²) in [5.41, 5.74) is 7.62. The van der Waals surface area contributed by atoms with Gasteiger partial charge in [-0.15, -0.1) is 21.5 Å². The zero-order chi connectivity index (χ0) is 17.4. The van der Waals surface area contributed by atoms with E-state index in [1.807, 2.05) is 5.38 Å². The van der Waals surface area contributed by atoms with Crippen molar-refractivity contribution in [2.45, 2.75) is 20.8 Å². The van der Waals surface area contributed by atoms with Crippen LogP contribution in [-0.2, 0) is 0 Å². The Labute approximate surface area is 149 Å². The van der Waals surface area contributed by atoms with E-state index in [2.05, 4.69) is 76.6 Å². The fourth-order valence-electron chi connectivity index (χ4n) is 3.06. The van der Waals surface area contributed by atoms with Crippen molar-refractivity contribution in [3.63, 3.8) is 0 Å². The molecule has 0 bridgehead atoms. The van der Waals surface area contributed by atoms with Gasteiger partial charge in [0.15, 0.2) is 5.13 Å². The predicted octanol–water partition coefficient (Wildman–Crippen LogP) is 4.82. The van der Waals surface area contributed by atoms with Gasteiger partial charge in [0.2, 0.25) is 5.95 Å². The van der Waals surface area contributed by atoms with E-state index in [0.717, 1.165) is 27.3 Å². The molecule has 0 radical (unpaired) electrons. The lowest BCUT2D eigenvalue weighted by molar-refractivity contribution is 1.03. The third kappa shape index (κ3) is 2.96. The van der Waals surface area contributed by atoms with Gasteiger partial charge in [-0.05, 0) is 60.7 Å². The van der Waals surface area contributed by atoms with Gasteiger partial charge < -0.3 is 0 Å². The maximum absolute atomic E-state index is 4.61. The van der Waals surface area contributed by atoms with E-state index in [1.54, 1.807) is 6.20 Å². The Morgan fingerprint density at radius 1 is 0.960 bits per heavy atom. The molecule has 2 aromatic heterocycles. The molecule has 0 saturated heterocycles. The molecule has 0 amide bonds. The summed E-state index contributed by atoms with van der Waals surface area (Å²) < 4.78 is 0. The first-order valence-corrected chi connectivity index (χ1v) is 8.88. The third-order valence-electron chi connectivity index (χ3n) is 4.17. The summed E-state index contributed by atoms with van der Waals surface area (Å²) in [4.78, 5) is 8.80. The van der Waals surface area contributed by atoms with Crippen LogP contribution in [0.4, 0.5) is 11.1 Å². The van der Waals surface area contributed by atoms with E-state index in [9.17, 15) is 0 Å². The number of aryl methyl sites for hydroxylation is 3. The van der Waals surface area contributed by atoms with Crippen LogP contribution in [-0.4, -0.2) is 20.2 Å². The number of thiazole rings is 1. The van der Waals surface area contributed by atoms with Crippen LogP contribution in [0.2, 0.25) is 0 Å². The van der Waals surface area contributed by atoms with Crippen LogP contribution in [0.25, 0.3) is 22.2 Å². The maximum atomic E-state index is 4.61. The molecule has 2 heterocycles. The Hall–Kier alpha value is -2.86. The second kappa shape index (κ2) is 6.22. The molecule has 0 aliphatic carbocycles. The van der Waals surface area contributed by atoms with Crippen LogP contribution in [0.5, 0.6) is 0 Å². The Bertz CT molecular complexity index is 1040. The van der Waals surface area contributed by atoms with Crippen molar-refractivity contribution in [1.29, 1.82) is 0 Å². The van der Waals surface area contributed by atoms with E-state index >= 15 is 0 Å². The zero-order valence-electron chi connectivity index (χ0n) is 14.2. The summed E-state index contributed by atoms with van der Waals surface area (Å²) in [7, 11) is 0. The molecule has 4 aromatic rings. The van der Waals surface area contributed by atoms with Crippen LogP contribution in [0.15, 0.2) is 41.9 Å². The molecule has 0 unspecified atom stereocenters. The lowest BCUT2D eigenvalue weighted by Crippen LogP contribution is -2.01. The zero-order valence-corrected chi connectivity index (χ0v) is 15.1. The summed E-state index contributed by atoms with van der Waals surface area (Å²) in [6, 6.07) is 10.6. The highest BCUT2D eigenvalue weighted by molar-refractivity contribution is 7.13. The minimum Gasteiger partial charge on any atom is -0.299 e. The molecule has 0 aliphatic heterocycles. The SMILES string of the molecule is Cc1cccc(C)c1-c1cc(C)c2nc(Nc3nccs3)nnc2c1. The minimum absolute atomic E-state index is 0.463. The number of nitrogens with one attached hydrogen (secondary N) is 1. The lowest BCUT2D eigenvalue weighted by Gasteiger charge is -2.12. The molecule has 25 heavy (non-hydrogen) atoms. The minimum atomic E-state index is 0.463. The third-order valence-corrected chi connectivity index (χ3v) is 4.86. The van der Waals surface area contributed by atoms with E-state index in [1.165, 1.54) is 28.0 Å². The first-order chi connectivity index (χ1) is 12.1. The molecule has 5 nitrogen and oxygen atoms in total. The Morgan fingerprint density at radius 3 is 2.48 bits per heavy atom. The number of aromatic nitrogens is 4. The molecule has 6 heteroatoms. The first kappa shape index (κ1) is 15.7. The van der Waals surface area contributed by atoms with Crippen molar-refractivity contribution in [2.75, 3.05) is 5.32 Å². The lowest BCUT2D eigenvalue weighted by atomic mass is 9.94. The van der Waals surface area contributed by atoms with Crippen LogP contribution < -0.4 is 5.32 Å². The van der Waals surface area contributed by atoms with Crippen molar-refractivity contribution in [2.24, 2.45) is 0 Å². The number of fused-ring (bicyclic) bond motifs is 1. The number of benzene rings is 2. The van der Waals surface area contributed by atoms with Crippen molar-refractivity contribution < 1.29 is 0 Å². The van der Waals surface area contributed by atoms with Gasteiger partial charge in [-0.1, -0.05) is 18.2 Å². The number of hydrogen-bond acceptors (Lipinski definition) is 6. The second-order valence-electron chi connectivity index (χ2n) is 6.03. The van der Waals surface area contributed by atoms with Crippen LogP contribution >= 0.6 is 11.3 Å². The fraction of sp³-hybridized carbons (Fsp3) is 0.158. The van der Waals surface area contributed by atoms with Crippen LogP contribution in [0, 0.1) is 20.8 Å². The van der Waals surface area contributed by atoms with Crippen molar-refractivity contribution in [3.05, 3.63) is 58.6 Å². The quantitative estimate of drug-likeness (QED) is 0.576. The van der Waals surface area contributed by atoms with Gasteiger partial charge in [0, 0.05) is 11.6 Å². The topological polar surface area (TPSA) is 63.6 Å². The molecule has 1 N–H and O–H groups in total. The molecular formula is C19H17N5S. The molecule has 0 atom stereocenters. The highest BCUT2D eigenvalue weighted by atomic mass is 32.1.